The van der Waals surface area contributed by atoms with Gasteiger partial charge in [0.2, 0.25) is 0 Å². The Kier molecular flexibility index (Phi) is 6.84. The normalized spacial score (nSPS) is 12.1. The third-order valence-electron chi connectivity index (χ3n) is 5.30. The number of allylic oxidation sites excluding steroid dienone is 2. The van der Waals surface area contributed by atoms with Crippen LogP contribution < -0.4 is 15.6 Å². The van der Waals surface area contributed by atoms with Crippen molar-refractivity contribution in [1.82, 2.24) is 0 Å². The highest BCUT2D eigenvalue weighted by Gasteiger charge is 2.42. The second-order valence-electron chi connectivity index (χ2n) is 7.12. The van der Waals surface area contributed by atoms with Gasteiger partial charge in [0.05, 0.1) is 0 Å². The molecule has 3 aromatic carbocycles. The van der Waals surface area contributed by atoms with Crippen LogP contribution in [-0.4, -0.2) is 8.07 Å². The Hall–Kier alpha value is -2.38. The minimum absolute atomic E-state index is 1.15. The molecule has 0 nitrogen and oxygen atoms in total. The number of rotatable bonds is 8. The summed E-state index contributed by atoms with van der Waals surface area (Å²) in [4.78, 5) is 0. The quantitative estimate of drug-likeness (QED) is 0.376. The van der Waals surface area contributed by atoms with E-state index in [9.17, 15) is 0 Å². The van der Waals surface area contributed by atoms with Crippen LogP contribution in [-0.2, 0) is 0 Å². The van der Waals surface area contributed by atoms with E-state index >= 15 is 0 Å². The lowest BCUT2D eigenvalue weighted by molar-refractivity contribution is 0.905. The molecule has 0 heterocycles. The van der Waals surface area contributed by atoms with E-state index in [1.165, 1.54) is 28.4 Å². The zero-order valence-electron chi connectivity index (χ0n) is 16.6. The predicted octanol–water partition coefficient (Wildman–Crippen LogP) is 5.22. The minimum Gasteiger partial charge on any atom is -0.0882 e. The fourth-order valence-electron chi connectivity index (χ4n) is 4.15. The molecule has 1 heteroatoms. The SMILES string of the molecule is CCC/C=C(\CCC)[Si](c1ccccc1)(c1ccccc1)c1ccccc1. The van der Waals surface area contributed by atoms with Crippen molar-refractivity contribution in [3.8, 4) is 0 Å². The van der Waals surface area contributed by atoms with Crippen LogP contribution in [0.2, 0.25) is 0 Å². The van der Waals surface area contributed by atoms with E-state index in [-0.39, 0.29) is 0 Å². The first-order valence-electron chi connectivity index (χ1n) is 10.2. The van der Waals surface area contributed by atoms with Crippen molar-refractivity contribution in [1.29, 1.82) is 0 Å². The molecule has 0 bridgehead atoms. The third kappa shape index (κ3) is 3.99. The molecule has 3 rings (SSSR count). The summed E-state index contributed by atoms with van der Waals surface area (Å²) in [6, 6.07) is 33.7. The molecule has 0 aliphatic carbocycles. The molecule has 0 saturated heterocycles. The van der Waals surface area contributed by atoms with E-state index in [1.54, 1.807) is 5.20 Å². The Bertz CT molecular complexity index is 738. The first-order valence-corrected chi connectivity index (χ1v) is 12.2. The first kappa shape index (κ1) is 19.4. The van der Waals surface area contributed by atoms with Crippen molar-refractivity contribution >= 4 is 23.6 Å². The van der Waals surface area contributed by atoms with E-state index in [2.05, 4.69) is 111 Å². The molecule has 0 unspecified atom stereocenters. The van der Waals surface area contributed by atoms with Crippen molar-refractivity contribution in [3.63, 3.8) is 0 Å². The highest BCUT2D eigenvalue weighted by atomic mass is 28.3. The maximum absolute atomic E-state index is 2.56. The Morgan fingerprint density at radius 3 is 1.37 bits per heavy atom. The third-order valence-corrected chi connectivity index (χ3v) is 10.3. The largest absolute Gasteiger partial charge is 0.175 e. The Labute approximate surface area is 165 Å². The molecular formula is C26H30Si. The zero-order chi connectivity index (χ0) is 19.0. The number of unbranched alkanes of at least 4 members (excludes halogenated alkanes) is 1. The fourth-order valence-corrected chi connectivity index (χ4v) is 9.42. The number of hydrogen-bond donors (Lipinski definition) is 0. The molecule has 0 aliphatic heterocycles. The second kappa shape index (κ2) is 9.52. The first-order chi connectivity index (χ1) is 13.3. The molecule has 0 amide bonds. The van der Waals surface area contributed by atoms with Crippen LogP contribution in [0.15, 0.2) is 102 Å². The molecule has 0 saturated carbocycles. The Morgan fingerprint density at radius 2 is 1.04 bits per heavy atom. The van der Waals surface area contributed by atoms with Crippen molar-refractivity contribution in [3.05, 3.63) is 102 Å². The fraction of sp³-hybridized carbons (Fsp3) is 0.231. The maximum atomic E-state index is 2.56. The van der Waals surface area contributed by atoms with Gasteiger partial charge >= 0.3 is 0 Å². The Balaban J connectivity index is 2.38. The molecule has 0 radical (unpaired) electrons. The topological polar surface area (TPSA) is 0 Å². The lowest BCUT2D eigenvalue weighted by atomic mass is 10.2. The molecule has 3 aromatic rings. The van der Waals surface area contributed by atoms with Crippen LogP contribution in [0.25, 0.3) is 0 Å². The number of benzene rings is 3. The summed E-state index contributed by atoms with van der Waals surface area (Å²) in [7, 11) is -2.25. The van der Waals surface area contributed by atoms with Gasteiger partial charge in [-0.1, -0.05) is 129 Å². The summed E-state index contributed by atoms with van der Waals surface area (Å²) >= 11 is 0. The highest BCUT2D eigenvalue weighted by Crippen LogP contribution is 2.22. The van der Waals surface area contributed by atoms with Crippen molar-refractivity contribution in [2.24, 2.45) is 0 Å². The van der Waals surface area contributed by atoms with Gasteiger partial charge < -0.3 is 0 Å². The molecular weight excluding hydrogens is 340 g/mol. The average Bonchev–Trinajstić information content (AvgIpc) is 2.75. The summed E-state index contributed by atoms with van der Waals surface area (Å²) in [6.45, 7) is 4.58. The predicted molar refractivity (Wildman–Crippen MR) is 122 cm³/mol. The van der Waals surface area contributed by atoms with Crippen LogP contribution in [0.4, 0.5) is 0 Å². The van der Waals surface area contributed by atoms with Gasteiger partial charge in [-0.05, 0) is 28.4 Å². The molecule has 138 valence electrons. The van der Waals surface area contributed by atoms with Crippen molar-refractivity contribution in [2.45, 2.75) is 39.5 Å². The molecule has 27 heavy (non-hydrogen) atoms. The Morgan fingerprint density at radius 1 is 0.630 bits per heavy atom. The van der Waals surface area contributed by atoms with Crippen LogP contribution >= 0.6 is 0 Å². The van der Waals surface area contributed by atoms with Crippen molar-refractivity contribution < 1.29 is 0 Å². The lowest BCUT2D eigenvalue weighted by Gasteiger charge is -2.36. The molecule has 0 aliphatic rings. The van der Waals surface area contributed by atoms with Crippen LogP contribution in [0, 0.1) is 0 Å². The number of hydrogen-bond acceptors (Lipinski definition) is 0. The minimum atomic E-state index is -2.25. The van der Waals surface area contributed by atoms with Gasteiger partial charge in [0.1, 0.15) is 0 Å². The standard InChI is InChI=1S/C26H30Si/c1-3-5-16-23(15-4-2)27(24-17-9-6-10-18-24,25-19-11-7-12-20-25)26-21-13-8-14-22-26/h6-14,16-22H,3-5,15H2,1-2H3/b23-16+. The molecule has 0 aromatic heterocycles. The van der Waals surface area contributed by atoms with Gasteiger partial charge in [-0.2, -0.15) is 0 Å². The summed E-state index contributed by atoms with van der Waals surface area (Å²) in [5, 5.41) is 6.10. The summed E-state index contributed by atoms with van der Waals surface area (Å²) < 4.78 is 0. The zero-order valence-corrected chi connectivity index (χ0v) is 17.6. The maximum Gasteiger partial charge on any atom is 0.175 e. The van der Waals surface area contributed by atoms with Gasteiger partial charge in [0.25, 0.3) is 0 Å². The van der Waals surface area contributed by atoms with Gasteiger partial charge in [-0.15, -0.1) is 0 Å². The lowest BCUT2D eigenvalue weighted by Crippen LogP contribution is -2.68. The highest BCUT2D eigenvalue weighted by molar-refractivity contribution is 7.16. The van der Waals surface area contributed by atoms with Gasteiger partial charge in [-0.25, -0.2) is 0 Å². The van der Waals surface area contributed by atoms with Crippen LogP contribution in [0.5, 0.6) is 0 Å². The van der Waals surface area contributed by atoms with Crippen LogP contribution in [0.3, 0.4) is 0 Å². The monoisotopic (exact) mass is 370 g/mol. The van der Waals surface area contributed by atoms with Crippen LogP contribution in [0.1, 0.15) is 39.5 Å². The summed E-state index contributed by atoms with van der Waals surface area (Å²) in [5.41, 5.74) is 0. The second-order valence-corrected chi connectivity index (χ2v) is 11.0. The van der Waals surface area contributed by atoms with E-state index in [0.29, 0.717) is 0 Å². The van der Waals surface area contributed by atoms with E-state index in [1.807, 2.05) is 0 Å². The van der Waals surface area contributed by atoms with Gasteiger partial charge in [0, 0.05) is 0 Å². The van der Waals surface area contributed by atoms with E-state index in [0.717, 1.165) is 12.8 Å². The van der Waals surface area contributed by atoms with Crippen molar-refractivity contribution in [2.75, 3.05) is 0 Å². The van der Waals surface area contributed by atoms with Gasteiger partial charge in [-0.3, -0.25) is 0 Å². The molecule has 0 spiro atoms. The average molecular weight is 371 g/mol. The molecule has 0 atom stereocenters. The summed E-state index contributed by atoms with van der Waals surface area (Å²) in [6.07, 6.45) is 7.23. The van der Waals surface area contributed by atoms with Gasteiger partial charge in [0.15, 0.2) is 8.07 Å². The summed E-state index contributed by atoms with van der Waals surface area (Å²) in [5.74, 6) is 0. The molecule has 0 fully saturated rings. The van der Waals surface area contributed by atoms with E-state index < -0.39 is 8.07 Å². The van der Waals surface area contributed by atoms with E-state index in [4.69, 9.17) is 0 Å². The smallest absolute Gasteiger partial charge is 0.0882 e. The molecule has 0 N–H and O–H groups in total.